The second-order valence-corrected chi connectivity index (χ2v) is 8.36. The van der Waals surface area contributed by atoms with E-state index in [4.69, 9.17) is 9.47 Å². The fourth-order valence-electron chi connectivity index (χ4n) is 3.05. The van der Waals surface area contributed by atoms with Gasteiger partial charge in [-0.25, -0.2) is 18.6 Å². The molecule has 1 unspecified atom stereocenters. The molecular formula is C20H32N2O7S. The van der Waals surface area contributed by atoms with Crippen molar-refractivity contribution in [2.75, 3.05) is 19.5 Å². The van der Waals surface area contributed by atoms with Crippen LogP contribution in [0.4, 0.5) is 0 Å². The van der Waals surface area contributed by atoms with Crippen LogP contribution in [0.1, 0.15) is 52.1 Å². The zero-order valence-electron chi connectivity index (χ0n) is 18.1. The fourth-order valence-corrected chi connectivity index (χ4v) is 3.52. The number of amides is 1. The number of rotatable bonds is 13. The highest BCUT2D eigenvalue weighted by Gasteiger charge is 2.31. The summed E-state index contributed by atoms with van der Waals surface area (Å²) in [6.45, 7) is 7.23. The molecule has 0 aromatic heterocycles. The molecule has 30 heavy (non-hydrogen) atoms. The maximum atomic E-state index is 12.3. The zero-order chi connectivity index (χ0) is 22.8. The third-order valence-electron chi connectivity index (χ3n) is 4.42. The Morgan fingerprint density at radius 2 is 1.90 bits per heavy atom. The van der Waals surface area contributed by atoms with Gasteiger partial charge in [0, 0.05) is 12.7 Å². The highest BCUT2D eigenvalue weighted by molar-refractivity contribution is 7.72. The Kier molecular flexibility index (Phi) is 10.6. The summed E-state index contributed by atoms with van der Waals surface area (Å²) in [7, 11) is -1.13. The molecule has 1 aromatic carbocycles. The summed E-state index contributed by atoms with van der Waals surface area (Å²) >= 11 is 0. The van der Waals surface area contributed by atoms with Crippen molar-refractivity contribution in [2.24, 2.45) is 5.92 Å². The van der Waals surface area contributed by atoms with Crippen LogP contribution in [0.15, 0.2) is 18.2 Å². The molecule has 10 heteroatoms. The van der Waals surface area contributed by atoms with Crippen LogP contribution in [0.3, 0.4) is 0 Å². The zero-order valence-corrected chi connectivity index (χ0v) is 19.0. The highest BCUT2D eigenvalue weighted by atomic mass is 32.2. The summed E-state index contributed by atoms with van der Waals surface area (Å²) in [5, 5.41) is 10.7. The molecule has 1 rings (SSSR count). The van der Waals surface area contributed by atoms with Crippen molar-refractivity contribution >= 4 is 22.6 Å². The van der Waals surface area contributed by atoms with E-state index in [1.165, 1.54) is 14.0 Å². The summed E-state index contributed by atoms with van der Waals surface area (Å²) in [4.78, 5) is 24.1. The number of carbonyl (C=O) groups is 2. The van der Waals surface area contributed by atoms with Crippen LogP contribution in [0.2, 0.25) is 0 Å². The molecule has 0 aliphatic heterocycles. The average molecular weight is 445 g/mol. The Balaban J connectivity index is 3.33. The number of nitrogens with one attached hydrogen (secondary N) is 1. The number of benzene rings is 1. The minimum atomic E-state index is -2.64. The summed E-state index contributed by atoms with van der Waals surface area (Å²) in [6, 6.07) is 3.41. The molecule has 0 aliphatic rings. The van der Waals surface area contributed by atoms with Gasteiger partial charge >= 0.3 is 5.97 Å². The molecule has 0 fully saturated rings. The monoisotopic (exact) mass is 444 g/mol. The number of thiol groups is 1. The molecule has 0 saturated carbocycles. The predicted molar refractivity (Wildman–Crippen MR) is 113 cm³/mol. The van der Waals surface area contributed by atoms with E-state index >= 15 is 0 Å². The number of nitrogens with zero attached hydrogens (tertiary/aromatic N) is 1. The number of hydrogen-bond donors (Lipinski definition) is 3. The molecular weight excluding hydrogens is 412 g/mol. The average Bonchev–Trinajstić information content (AvgIpc) is 2.66. The lowest BCUT2D eigenvalue weighted by molar-refractivity contribution is -0.154. The van der Waals surface area contributed by atoms with Gasteiger partial charge in [0.05, 0.1) is 19.8 Å². The van der Waals surface area contributed by atoms with Gasteiger partial charge in [0.1, 0.15) is 16.7 Å². The largest absolute Gasteiger partial charge is 0.493 e. The highest BCUT2D eigenvalue weighted by Crippen LogP contribution is 2.31. The first kappa shape index (κ1) is 25.7. The Morgan fingerprint density at radius 3 is 2.37 bits per heavy atom. The van der Waals surface area contributed by atoms with E-state index in [0.717, 1.165) is 5.01 Å². The van der Waals surface area contributed by atoms with E-state index in [9.17, 15) is 23.1 Å². The van der Waals surface area contributed by atoms with E-state index in [1.54, 1.807) is 18.2 Å². The van der Waals surface area contributed by atoms with Gasteiger partial charge in [-0.15, -0.1) is 0 Å². The van der Waals surface area contributed by atoms with Crippen LogP contribution in [0.25, 0.3) is 0 Å². The molecule has 9 nitrogen and oxygen atoms in total. The number of ether oxygens (including phenoxy) is 2. The van der Waals surface area contributed by atoms with Gasteiger partial charge in [0.15, 0.2) is 11.5 Å². The fraction of sp³-hybridized carbons (Fsp3) is 0.600. The van der Waals surface area contributed by atoms with Crippen LogP contribution in [-0.4, -0.2) is 55.9 Å². The normalized spacial score (nSPS) is 13.2. The number of carboxylic acid groups (broad SMARTS) is 1. The minimum absolute atomic E-state index is 0.0369. The van der Waals surface area contributed by atoms with Gasteiger partial charge in [-0.2, -0.15) is 0 Å². The van der Waals surface area contributed by atoms with Gasteiger partial charge < -0.3 is 14.6 Å². The van der Waals surface area contributed by atoms with Gasteiger partial charge in [-0.05, 0) is 43.4 Å². The van der Waals surface area contributed by atoms with Crippen molar-refractivity contribution < 1.29 is 32.6 Å². The first-order valence-corrected chi connectivity index (χ1v) is 11.2. The third kappa shape index (κ3) is 7.83. The van der Waals surface area contributed by atoms with Crippen molar-refractivity contribution in [3.05, 3.63) is 23.8 Å². The lowest BCUT2D eigenvalue weighted by Crippen LogP contribution is -2.53. The van der Waals surface area contributed by atoms with Gasteiger partial charge in [0.25, 0.3) is 0 Å². The Morgan fingerprint density at radius 1 is 1.23 bits per heavy atom. The third-order valence-corrected chi connectivity index (χ3v) is 5.04. The number of methoxy groups -OCH3 is 1. The number of aliphatic carboxylic acids is 1. The smallest absolute Gasteiger partial charge is 0.328 e. The number of hydrogen-bond acceptors (Lipinski definition) is 7. The summed E-state index contributed by atoms with van der Waals surface area (Å²) < 4.78 is 33.3. The van der Waals surface area contributed by atoms with E-state index in [2.05, 4.69) is 5.43 Å². The minimum Gasteiger partial charge on any atom is -0.493 e. The molecule has 1 amide bonds. The lowest BCUT2D eigenvalue weighted by Gasteiger charge is -2.33. The van der Waals surface area contributed by atoms with Crippen LogP contribution in [-0.2, 0) is 20.3 Å². The SMILES string of the molecule is CCOc1cc(C(CC[SH](=O)=O)NN(C(C)=O)[C@@H](CC(C)C)C(=O)O)ccc1OC. The summed E-state index contributed by atoms with van der Waals surface area (Å²) in [5.74, 6) is -0.711. The maximum absolute atomic E-state index is 12.3. The molecule has 170 valence electrons. The second-order valence-electron chi connectivity index (χ2n) is 7.24. The van der Waals surface area contributed by atoms with Crippen LogP contribution < -0.4 is 14.9 Å². The molecule has 0 aliphatic carbocycles. The summed E-state index contributed by atoms with van der Waals surface area (Å²) in [6.07, 6.45) is 0.395. The predicted octanol–water partition coefficient (Wildman–Crippen LogP) is 1.99. The molecule has 2 N–H and O–H groups in total. The quantitative estimate of drug-likeness (QED) is 0.312. The first-order valence-electron chi connectivity index (χ1n) is 9.81. The maximum Gasteiger partial charge on any atom is 0.328 e. The molecule has 2 atom stereocenters. The van der Waals surface area contributed by atoms with Gasteiger partial charge in [0.2, 0.25) is 5.91 Å². The van der Waals surface area contributed by atoms with Crippen molar-refractivity contribution in [3.8, 4) is 11.5 Å². The Bertz CT molecular complexity index is 787. The number of carboxylic acids is 1. The van der Waals surface area contributed by atoms with Crippen molar-refractivity contribution in [3.63, 3.8) is 0 Å². The Hall–Kier alpha value is -2.33. The topological polar surface area (TPSA) is 122 Å². The van der Waals surface area contributed by atoms with E-state index in [-0.39, 0.29) is 24.5 Å². The lowest BCUT2D eigenvalue weighted by atomic mass is 10.0. The molecule has 0 radical (unpaired) electrons. The van der Waals surface area contributed by atoms with Crippen LogP contribution in [0, 0.1) is 5.92 Å². The van der Waals surface area contributed by atoms with Crippen LogP contribution >= 0.6 is 0 Å². The van der Waals surface area contributed by atoms with Gasteiger partial charge in [-0.1, -0.05) is 19.9 Å². The van der Waals surface area contributed by atoms with E-state index in [1.807, 2.05) is 20.8 Å². The van der Waals surface area contributed by atoms with Crippen molar-refractivity contribution in [1.29, 1.82) is 0 Å². The first-order chi connectivity index (χ1) is 14.1. The van der Waals surface area contributed by atoms with Crippen molar-refractivity contribution in [1.82, 2.24) is 10.4 Å². The molecule has 0 spiro atoms. The Labute approximate surface area is 179 Å². The number of carbonyl (C=O) groups excluding carboxylic acids is 1. The van der Waals surface area contributed by atoms with Crippen molar-refractivity contribution in [2.45, 2.75) is 52.6 Å². The second kappa shape index (κ2) is 12.4. The van der Waals surface area contributed by atoms with Crippen LogP contribution in [0.5, 0.6) is 11.5 Å². The molecule has 0 heterocycles. The summed E-state index contributed by atoms with van der Waals surface area (Å²) in [5.41, 5.74) is 3.61. The molecule has 0 bridgehead atoms. The number of hydrazine groups is 1. The molecule has 0 saturated heterocycles. The van der Waals surface area contributed by atoms with Gasteiger partial charge in [-0.3, -0.25) is 9.80 Å². The molecule has 1 aromatic rings. The van der Waals surface area contributed by atoms with E-state index in [0.29, 0.717) is 23.7 Å². The standard InChI is InChI=1S/C20H32N2O7S/c1-6-29-19-12-15(7-8-18(19)28-5)16(9-10-30(26)27)21-22(14(4)23)17(20(24)25)11-13(2)3/h7-8,12-13,16-17,21,30H,6,9-11H2,1-5H3,(H,24,25)/t16?,17-/m0/s1. The van der Waals surface area contributed by atoms with E-state index < -0.39 is 34.7 Å².